The fourth-order valence-corrected chi connectivity index (χ4v) is 2.52. The highest BCUT2D eigenvalue weighted by Crippen LogP contribution is 2.12. The quantitative estimate of drug-likeness (QED) is 0.724. The summed E-state index contributed by atoms with van der Waals surface area (Å²) in [4.78, 5) is 25.2. The molecule has 0 aliphatic rings. The van der Waals surface area contributed by atoms with Crippen LogP contribution in [0.15, 0.2) is 52.1 Å². The lowest BCUT2D eigenvalue weighted by molar-refractivity contribution is 0.606. The Balaban J connectivity index is 2.20. The van der Waals surface area contributed by atoms with Crippen LogP contribution < -0.4 is 11.2 Å². The molecule has 0 aliphatic carbocycles. The second kappa shape index (κ2) is 6.76. The molecule has 3 rings (SSSR count). The lowest BCUT2D eigenvalue weighted by atomic mass is 10.1. The molecule has 1 aromatic heterocycles. The summed E-state index contributed by atoms with van der Waals surface area (Å²) in [7, 11) is 0. The van der Waals surface area contributed by atoms with Crippen molar-refractivity contribution in [2.75, 3.05) is 0 Å². The number of benzene rings is 2. The van der Waals surface area contributed by atoms with E-state index in [4.69, 9.17) is 0 Å². The summed E-state index contributed by atoms with van der Waals surface area (Å²) in [6.07, 6.45) is 0. The first kappa shape index (κ1) is 17.3. The van der Waals surface area contributed by atoms with Crippen molar-refractivity contribution in [1.82, 2.24) is 14.3 Å². The van der Waals surface area contributed by atoms with Crippen LogP contribution in [0.4, 0.5) is 4.39 Å². The maximum atomic E-state index is 13.1. The molecule has 0 N–H and O–H groups in total. The van der Waals surface area contributed by atoms with Crippen molar-refractivity contribution in [3.63, 3.8) is 0 Å². The number of hydrogen-bond acceptors (Lipinski definition) is 4. The Morgan fingerprint density at radius 1 is 1.08 bits per heavy atom. The van der Waals surface area contributed by atoms with Crippen molar-refractivity contribution in [3.05, 3.63) is 91.5 Å². The number of aromatic nitrogens is 3. The molecule has 3 aromatic rings. The third kappa shape index (κ3) is 3.17. The maximum Gasteiger partial charge on any atom is 0.352 e. The third-order valence-corrected chi connectivity index (χ3v) is 4.15. The van der Waals surface area contributed by atoms with Crippen molar-refractivity contribution < 1.29 is 4.39 Å². The van der Waals surface area contributed by atoms with Gasteiger partial charge in [0.15, 0.2) is 0 Å². The molecule has 130 valence electrons. The molecule has 0 radical (unpaired) electrons. The smallest absolute Gasteiger partial charge is 0.266 e. The molecule has 26 heavy (non-hydrogen) atoms. The van der Waals surface area contributed by atoms with Gasteiger partial charge in [0.2, 0.25) is 5.69 Å². The van der Waals surface area contributed by atoms with Gasteiger partial charge in [0.25, 0.3) is 5.56 Å². The molecule has 0 spiro atoms. The molecular weight excluding hydrogens is 335 g/mol. The normalized spacial score (nSPS) is 10.5. The molecule has 2 aromatic carbocycles. The molecule has 6 nitrogen and oxygen atoms in total. The standard InChI is InChI=1S/C19H15FN4O2/c1-12-3-8-16(9-13(12)2)24-19(26)23(18(25)17(10-21)22-24)11-14-4-6-15(20)7-5-14/h3-9H,11H2,1-2H3. The van der Waals surface area contributed by atoms with Gasteiger partial charge in [-0.25, -0.2) is 9.18 Å². The van der Waals surface area contributed by atoms with E-state index in [2.05, 4.69) is 5.10 Å². The van der Waals surface area contributed by atoms with Gasteiger partial charge >= 0.3 is 5.69 Å². The average molecular weight is 350 g/mol. The Labute approximate surface area is 148 Å². The van der Waals surface area contributed by atoms with E-state index in [1.807, 2.05) is 19.9 Å². The van der Waals surface area contributed by atoms with Crippen LogP contribution in [-0.4, -0.2) is 14.3 Å². The Hall–Kier alpha value is -3.53. The lowest BCUT2D eigenvalue weighted by Gasteiger charge is -2.11. The van der Waals surface area contributed by atoms with E-state index in [0.29, 0.717) is 11.3 Å². The van der Waals surface area contributed by atoms with Gasteiger partial charge in [-0.15, -0.1) is 5.10 Å². The van der Waals surface area contributed by atoms with E-state index in [9.17, 15) is 19.2 Å². The number of halogens is 1. The van der Waals surface area contributed by atoms with Crippen molar-refractivity contribution >= 4 is 0 Å². The number of nitrogens with zero attached hydrogens (tertiary/aromatic N) is 4. The minimum atomic E-state index is -0.776. The zero-order valence-corrected chi connectivity index (χ0v) is 14.2. The van der Waals surface area contributed by atoms with Gasteiger partial charge in [-0.05, 0) is 54.8 Å². The van der Waals surface area contributed by atoms with Crippen LogP contribution in [0.2, 0.25) is 0 Å². The summed E-state index contributed by atoms with van der Waals surface area (Å²) < 4.78 is 15.0. The van der Waals surface area contributed by atoms with Crippen molar-refractivity contribution in [1.29, 1.82) is 5.26 Å². The van der Waals surface area contributed by atoms with Gasteiger partial charge in [-0.3, -0.25) is 9.36 Å². The molecule has 0 fully saturated rings. The molecule has 0 unspecified atom stereocenters. The third-order valence-electron chi connectivity index (χ3n) is 4.15. The van der Waals surface area contributed by atoms with Crippen LogP contribution in [0.5, 0.6) is 0 Å². The molecule has 0 aliphatic heterocycles. The molecule has 0 atom stereocenters. The molecule has 0 saturated carbocycles. The SMILES string of the molecule is Cc1ccc(-n2nc(C#N)c(=O)n(Cc3ccc(F)cc3)c2=O)cc1C. The average Bonchev–Trinajstić information content (AvgIpc) is 2.63. The minimum Gasteiger partial charge on any atom is -0.266 e. The molecule has 0 bridgehead atoms. The first-order valence-corrected chi connectivity index (χ1v) is 7.87. The summed E-state index contributed by atoms with van der Waals surface area (Å²) in [5.74, 6) is -0.416. The summed E-state index contributed by atoms with van der Waals surface area (Å²) in [5.41, 5.74) is 1.19. The number of rotatable bonds is 3. The maximum absolute atomic E-state index is 13.1. The van der Waals surface area contributed by atoms with Crippen molar-refractivity contribution in [2.45, 2.75) is 20.4 Å². The van der Waals surface area contributed by atoms with Crippen LogP contribution in [0.3, 0.4) is 0 Å². The second-order valence-electron chi connectivity index (χ2n) is 5.94. The highest BCUT2D eigenvalue weighted by Gasteiger charge is 2.15. The first-order chi connectivity index (χ1) is 12.4. The van der Waals surface area contributed by atoms with Crippen LogP contribution in [0, 0.1) is 31.0 Å². The topological polar surface area (TPSA) is 80.7 Å². The zero-order valence-electron chi connectivity index (χ0n) is 14.2. The highest BCUT2D eigenvalue weighted by atomic mass is 19.1. The van der Waals surface area contributed by atoms with Crippen LogP contribution in [-0.2, 0) is 6.54 Å². The first-order valence-electron chi connectivity index (χ1n) is 7.87. The van der Waals surface area contributed by atoms with Gasteiger partial charge < -0.3 is 0 Å². The van der Waals surface area contributed by atoms with Crippen molar-refractivity contribution in [2.24, 2.45) is 0 Å². The highest BCUT2D eigenvalue weighted by molar-refractivity contribution is 5.39. The van der Waals surface area contributed by atoms with Gasteiger partial charge in [-0.2, -0.15) is 9.94 Å². The lowest BCUT2D eigenvalue weighted by Crippen LogP contribution is -2.42. The summed E-state index contributed by atoms with van der Waals surface area (Å²) >= 11 is 0. The van der Waals surface area contributed by atoms with Gasteiger partial charge in [0.1, 0.15) is 11.9 Å². The van der Waals surface area contributed by atoms with E-state index in [-0.39, 0.29) is 12.2 Å². The number of nitriles is 1. The van der Waals surface area contributed by atoms with Gasteiger partial charge in [0.05, 0.1) is 12.2 Å². The molecule has 0 saturated heterocycles. The summed E-state index contributed by atoms with van der Waals surface area (Å²) in [6.45, 7) is 3.75. The number of aryl methyl sites for hydroxylation is 2. The van der Waals surface area contributed by atoms with E-state index in [1.165, 1.54) is 24.3 Å². The van der Waals surface area contributed by atoms with E-state index in [0.717, 1.165) is 20.4 Å². The van der Waals surface area contributed by atoms with Crippen molar-refractivity contribution in [3.8, 4) is 11.8 Å². The Bertz CT molecular complexity index is 1140. The summed E-state index contributed by atoms with van der Waals surface area (Å²) in [6, 6.07) is 12.5. The molecule has 0 amide bonds. The monoisotopic (exact) mass is 350 g/mol. The van der Waals surface area contributed by atoms with Crippen LogP contribution >= 0.6 is 0 Å². The molecular formula is C19H15FN4O2. The Morgan fingerprint density at radius 2 is 1.77 bits per heavy atom. The fraction of sp³-hybridized carbons (Fsp3) is 0.158. The van der Waals surface area contributed by atoms with Gasteiger partial charge in [0, 0.05) is 0 Å². The van der Waals surface area contributed by atoms with E-state index in [1.54, 1.807) is 18.2 Å². The zero-order chi connectivity index (χ0) is 18.8. The molecule has 7 heteroatoms. The minimum absolute atomic E-state index is 0.0833. The van der Waals surface area contributed by atoms with E-state index >= 15 is 0 Å². The van der Waals surface area contributed by atoms with Crippen LogP contribution in [0.1, 0.15) is 22.4 Å². The number of hydrogen-bond donors (Lipinski definition) is 0. The predicted octanol–water partition coefficient (Wildman–Crippen LogP) is 2.07. The van der Waals surface area contributed by atoms with Crippen LogP contribution in [0.25, 0.3) is 5.69 Å². The summed E-state index contributed by atoms with van der Waals surface area (Å²) in [5, 5.41) is 13.1. The largest absolute Gasteiger partial charge is 0.352 e. The predicted molar refractivity (Wildman–Crippen MR) is 93.8 cm³/mol. The van der Waals surface area contributed by atoms with E-state index < -0.39 is 17.1 Å². The molecule has 1 heterocycles. The van der Waals surface area contributed by atoms with Gasteiger partial charge in [-0.1, -0.05) is 18.2 Å². The Kier molecular flexibility index (Phi) is 4.50. The fourth-order valence-electron chi connectivity index (χ4n) is 2.52. The second-order valence-corrected chi connectivity index (χ2v) is 5.94. The Morgan fingerprint density at radius 3 is 2.38 bits per heavy atom.